The van der Waals surface area contributed by atoms with Gasteiger partial charge in [-0.1, -0.05) is 45.9 Å². The Labute approximate surface area is 204 Å². The van der Waals surface area contributed by atoms with E-state index in [9.17, 15) is 9.90 Å². The number of hydrogen-bond acceptors (Lipinski definition) is 5. The highest BCUT2D eigenvalue weighted by molar-refractivity contribution is 5.88. The second-order valence-electron chi connectivity index (χ2n) is 9.68. The number of nitrogens with zero attached hydrogens (tertiary/aromatic N) is 5. The van der Waals surface area contributed by atoms with Crippen molar-refractivity contribution in [1.82, 2.24) is 24.7 Å². The van der Waals surface area contributed by atoms with Crippen molar-refractivity contribution in [2.75, 3.05) is 0 Å². The average Bonchev–Trinajstić information content (AvgIpc) is 3.22. The molecule has 1 aromatic carbocycles. The fourth-order valence-corrected chi connectivity index (χ4v) is 4.74. The summed E-state index contributed by atoms with van der Waals surface area (Å²) in [5.74, 6) is -0.379. The molecular formula is C28H29N5O2. The molecule has 35 heavy (non-hydrogen) atoms. The van der Waals surface area contributed by atoms with Gasteiger partial charge in [0.1, 0.15) is 5.69 Å². The number of benzene rings is 1. The van der Waals surface area contributed by atoms with E-state index < -0.39 is 5.97 Å². The van der Waals surface area contributed by atoms with Crippen molar-refractivity contribution in [3.8, 4) is 22.6 Å². The molecule has 0 bridgehead atoms. The number of aryl methyl sites for hydroxylation is 1. The zero-order valence-electron chi connectivity index (χ0n) is 20.5. The largest absolute Gasteiger partial charge is 0.478 e. The summed E-state index contributed by atoms with van der Waals surface area (Å²) in [5.41, 5.74) is 9.24. The van der Waals surface area contributed by atoms with Crippen LogP contribution in [-0.4, -0.2) is 35.8 Å². The second-order valence-corrected chi connectivity index (χ2v) is 9.68. The van der Waals surface area contributed by atoms with Crippen LogP contribution in [0.4, 0.5) is 0 Å². The average molecular weight is 468 g/mol. The van der Waals surface area contributed by atoms with Crippen molar-refractivity contribution in [1.29, 1.82) is 0 Å². The van der Waals surface area contributed by atoms with Crippen LogP contribution in [0.5, 0.6) is 0 Å². The summed E-state index contributed by atoms with van der Waals surface area (Å²) in [6.45, 7) is 9.22. The molecule has 0 saturated heterocycles. The maximum Gasteiger partial charge on any atom is 0.335 e. The third-order valence-electron chi connectivity index (χ3n) is 6.46. The molecule has 7 nitrogen and oxygen atoms in total. The second kappa shape index (κ2) is 9.06. The lowest BCUT2D eigenvalue weighted by molar-refractivity contribution is 0.0697. The van der Waals surface area contributed by atoms with Crippen LogP contribution >= 0.6 is 0 Å². The Morgan fingerprint density at radius 2 is 1.69 bits per heavy atom. The van der Waals surface area contributed by atoms with Crippen molar-refractivity contribution >= 4 is 5.97 Å². The van der Waals surface area contributed by atoms with Gasteiger partial charge in [0.05, 0.1) is 40.6 Å². The summed E-state index contributed by atoms with van der Waals surface area (Å²) in [5, 5.41) is 14.3. The van der Waals surface area contributed by atoms with Gasteiger partial charge in [-0.3, -0.25) is 14.6 Å². The van der Waals surface area contributed by atoms with Crippen LogP contribution in [0.3, 0.4) is 0 Å². The SMILES string of the molecule is CC(C)c1nc2c(nc1C(C)C)-c1c(c(-c3ccc(C(=O)O)cc3)nn1Cc1cccnc1)CC2. The molecule has 0 radical (unpaired) electrons. The van der Waals surface area contributed by atoms with E-state index >= 15 is 0 Å². The van der Waals surface area contributed by atoms with Crippen LogP contribution < -0.4 is 0 Å². The molecule has 7 heteroatoms. The molecule has 178 valence electrons. The Balaban J connectivity index is 1.71. The summed E-state index contributed by atoms with van der Waals surface area (Å²) in [6, 6.07) is 10.9. The number of carboxylic acid groups (broad SMARTS) is 1. The topological polar surface area (TPSA) is 93.8 Å². The first-order valence-electron chi connectivity index (χ1n) is 12.1. The molecule has 0 fully saturated rings. The van der Waals surface area contributed by atoms with Crippen LogP contribution in [0.25, 0.3) is 22.6 Å². The monoisotopic (exact) mass is 467 g/mol. The predicted molar refractivity (Wildman–Crippen MR) is 135 cm³/mol. The maximum absolute atomic E-state index is 11.3. The smallest absolute Gasteiger partial charge is 0.335 e. The summed E-state index contributed by atoms with van der Waals surface area (Å²) < 4.78 is 2.01. The van der Waals surface area contributed by atoms with E-state index in [1.807, 2.05) is 35.1 Å². The molecule has 1 aliphatic carbocycles. The van der Waals surface area contributed by atoms with Gasteiger partial charge in [0, 0.05) is 23.5 Å². The van der Waals surface area contributed by atoms with Crippen molar-refractivity contribution in [2.24, 2.45) is 0 Å². The number of carboxylic acids is 1. The quantitative estimate of drug-likeness (QED) is 0.403. The van der Waals surface area contributed by atoms with Gasteiger partial charge in [-0.05, 0) is 48.4 Å². The molecular weight excluding hydrogens is 438 g/mol. The molecule has 0 atom stereocenters. The summed E-state index contributed by atoms with van der Waals surface area (Å²) in [4.78, 5) is 25.9. The zero-order chi connectivity index (χ0) is 24.7. The number of aromatic nitrogens is 5. The normalized spacial score (nSPS) is 12.6. The number of hydrogen-bond donors (Lipinski definition) is 1. The Bertz CT molecular complexity index is 1390. The lowest BCUT2D eigenvalue weighted by Crippen LogP contribution is -2.16. The molecule has 0 amide bonds. The minimum atomic E-state index is -0.938. The summed E-state index contributed by atoms with van der Waals surface area (Å²) >= 11 is 0. The molecule has 5 rings (SSSR count). The van der Waals surface area contributed by atoms with E-state index in [4.69, 9.17) is 15.1 Å². The van der Waals surface area contributed by atoms with Crippen LogP contribution in [0.2, 0.25) is 0 Å². The van der Waals surface area contributed by atoms with Gasteiger partial charge in [-0.2, -0.15) is 5.10 Å². The van der Waals surface area contributed by atoms with Crippen molar-refractivity contribution in [3.63, 3.8) is 0 Å². The van der Waals surface area contributed by atoms with E-state index in [1.54, 1.807) is 18.3 Å². The Kier molecular flexibility index (Phi) is 5.93. The number of fused-ring (bicyclic) bond motifs is 3. The van der Waals surface area contributed by atoms with Crippen LogP contribution in [0.1, 0.15) is 78.1 Å². The van der Waals surface area contributed by atoms with Crippen molar-refractivity contribution < 1.29 is 9.90 Å². The molecule has 0 unspecified atom stereocenters. The number of aromatic carboxylic acids is 1. The van der Waals surface area contributed by atoms with Crippen LogP contribution in [0.15, 0.2) is 48.8 Å². The fraction of sp³-hybridized carbons (Fsp3) is 0.321. The van der Waals surface area contributed by atoms with Crippen LogP contribution in [0, 0.1) is 0 Å². The molecule has 0 saturated carbocycles. The molecule has 1 N–H and O–H groups in total. The van der Waals surface area contributed by atoms with Gasteiger partial charge in [-0.25, -0.2) is 9.78 Å². The number of carbonyl (C=O) groups is 1. The zero-order valence-corrected chi connectivity index (χ0v) is 20.5. The lowest BCUT2D eigenvalue weighted by Gasteiger charge is -2.22. The van der Waals surface area contributed by atoms with Gasteiger partial charge in [-0.15, -0.1) is 0 Å². The van der Waals surface area contributed by atoms with Gasteiger partial charge in [0.2, 0.25) is 0 Å². The highest BCUT2D eigenvalue weighted by Crippen LogP contribution is 2.39. The first-order chi connectivity index (χ1) is 16.8. The highest BCUT2D eigenvalue weighted by atomic mass is 16.4. The first kappa shape index (κ1) is 22.9. The minimum absolute atomic E-state index is 0.258. The maximum atomic E-state index is 11.3. The molecule has 4 aromatic rings. The Hall–Kier alpha value is -3.87. The van der Waals surface area contributed by atoms with E-state index in [0.717, 1.165) is 63.7 Å². The van der Waals surface area contributed by atoms with Gasteiger partial charge < -0.3 is 5.11 Å². The molecule has 1 aliphatic rings. The Morgan fingerprint density at radius 1 is 0.971 bits per heavy atom. The fourth-order valence-electron chi connectivity index (χ4n) is 4.74. The van der Waals surface area contributed by atoms with Crippen molar-refractivity contribution in [2.45, 2.75) is 58.9 Å². The first-order valence-corrected chi connectivity index (χ1v) is 12.1. The van der Waals surface area contributed by atoms with E-state index in [1.165, 1.54) is 0 Å². The van der Waals surface area contributed by atoms with Gasteiger partial charge in [0.15, 0.2) is 0 Å². The lowest BCUT2D eigenvalue weighted by atomic mass is 9.91. The predicted octanol–water partition coefficient (Wildman–Crippen LogP) is 5.49. The third kappa shape index (κ3) is 4.22. The van der Waals surface area contributed by atoms with E-state index in [2.05, 4.69) is 32.7 Å². The standard InChI is InChI=1S/C28H29N5O2/c1-16(2)23-24(17(3)4)31-26-22(30-23)12-11-21-25(19-7-9-20(10-8-19)28(34)35)32-33(27(21)26)15-18-6-5-13-29-14-18/h5-10,13-14,16-17H,11-12,15H2,1-4H3,(H,34,35). The molecule has 0 spiro atoms. The molecule has 3 aromatic heterocycles. The number of rotatable bonds is 6. The third-order valence-corrected chi connectivity index (χ3v) is 6.46. The Morgan fingerprint density at radius 3 is 2.31 bits per heavy atom. The molecule has 3 heterocycles. The van der Waals surface area contributed by atoms with E-state index in [-0.39, 0.29) is 11.5 Å². The summed E-state index contributed by atoms with van der Waals surface area (Å²) in [7, 11) is 0. The molecule has 0 aliphatic heterocycles. The summed E-state index contributed by atoms with van der Waals surface area (Å²) in [6.07, 6.45) is 5.22. The van der Waals surface area contributed by atoms with Gasteiger partial charge in [0.25, 0.3) is 0 Å². The minimum Gasteiger partial charge on any atom is -0.478 e. The van der Waals surface area contributed by atoms with Crippen molar-refractivity contribution in [3.05, 3.63) is 82.6 Å². The highest BCUT2D eigenvalue weighted by Gasteiger charge is 2.30. The number of pyridine rings is 1. The van der Waals surface area contributed by atoms with E-state index in [0.29, 0.717) is 12.5 Å². The van der Waals surface area contributed by atoms with Crippen LogP contribution in [-0.2, 0) is 19.4 Å². The van der Waals surface area contributed by atoms with Gasteiger partial charge >= 0.3 is 5.97 Å².